The number of nitrogens with one attached hydrogen (secondary N) is 1. The number of hydrogen-bond donors (Lipinski definition) is 1. The Morgan fingerprint density at radius 2 is 1.71 bits per heavy atom. The lowest BCUT2D eigenvalue weighted by Crippen LogP contribution is -2.32. The summed E-state index contributed by atoms with van der Waals surface area (Å²) in [4.78, 5) is 3.88. The van der Waals surface area contributed by atoms with Gasteiger partial charge in [0.05, 0.1) is 10.6 Å². The number of pyridine rings is 1. The highest BCUT2D eigenvalue weighted by atomic mass is 32.2. The van der Waals surface area contributed by atoms with Gasteiger partial charge in [-0.2, -0.15) is 0 Å². The second-order valence-corrected chi connectivity index (χ2v) is 11.3. The van der Waals surface area contributed by atoms with E-state index in [0.29, 0.717) is 11.1 Å². The van der Waals surface area contributed by atoms with Crippen molar-refractivity contribution < 1.29 is 21.2 Å². The molecule has 1 aromatic heterocycles. The maximum atomic E-state index is 13.7. The molecule has 0 aliphatic carbocycles. The van der Waals surface area contributed by atoms with Gasteiger partial charge in [-0.15, -0.1) is 0 Å². The molecule has 3 rings (SSSR count). The zero-order valence-corrected chi connectivity index (χ0v) is 18.8. The summed E-state index contributed by atoms with van der Waals surface area (Å²) < 4.78 is 67.9. The fourth-order valence-electron chi connectivity index (χ4n) is 3.09. The van der Waals surface area contributed by atoms with Crippen molar-refractivity contribution in [2.75, 3.05) is 6.54 Å². The molecule has 9 heteroatoms. The number of aryl methyl sites for hydroxylation is 2. The van der Waals surface area contributed by atoms with Crippen molar-refractivity contribution in [1.82, 2.24) is 9.71 Å². The van der Waals surface area contributed by atoms with Gasteiger partial charge in [-0.3, -0.25) is 4.98 Å². The molecule has 0 amide bonds. The first kappa shape index (κ1) is 23.1. The number of nitrogens with zero attached hydrogens (tertiary/aromatic N) is 1. The van der Waals surface area contributed by atoms with E-state index in [9.17, 15) is 21.2 Å². The number of halogens is 1. The molecular weight excluding hydrogens is 439 g/mol. The van der Waals surface area contributed by atoms with Crippen molar-refractivity contribution in [1.29, 1.82) is 0 Å². The fraction of sp³-hybridized carbons (Fsp3) is 0.227. The van der Waals surface area contributed by atoms with E-state index in [0.717, 1.165) is 11.6 Å². The number of rotatable bonds is 8. The van der Waals surface area contributed by atoms with E-state index in [-0.39, 0.29) is 22.8 Å². The van der Waals surface area contributed by atoms with Crippen LogP contribution in [0.3, 0.4) is 0 Å². The first-order chi connectivity index (χ1) is 14.6. The molecule has 31 heavy (non-hydrogen) atoms. The van der Waals surface area contributed by atoms with E-state index in [2.05, 4.69) is 9.71 Å². The van der Waals surface area contributed by atoms with Crippen LogP contribution < -0.4 is 4.72 Å². The second kappa shape index (κ2) is 9.25. The molecule has 0 radical (unpaired) electrons. The summed E-state index contributed by atoms with van der Waals surface area (Å²) in [6.45, 7) is 2.99. The summed E-state index contributed by atoms with van der Waals surface area (Å²) in [7, 11) is -7.83. The molecule has 0 saturated heterocycles. The predicted octanol–water partition coefficient (Wildman–Crippen LogP) is 3.47. The van der Waals surface area contributed by atoms with Crippen molar-refractivity contribution in [2.45, 2.75) is 29.7 Å². The lowest BCUT2D eigenvalue weighted by atomic mass is 10.2. The first-order valence-electron chi connectivity index (χ1n) is 9.51. The third kappa shape index (κ3) is 5.75. The molecule has 6 nitrogen and oxygen atoms in total. The zero-order chi connectivity index (χ0) is 22.6. The Hall–Kier alpha value is -2.62. The van der Waals surface area contributed by atoms with Gasteiger partial charge in [0.2, 0.25) is 10.0 Å². The molecule has 3 aromatic rings. The van der Waals surface area contributed by atoms with Crippen molar-refractivity contribution in [3.8, 4) is 0 Å². The van der Waals surface area contributed by atoms with E-state index in [1.165, 1.54) is 31.5 Å². The quantitative estimate of drug-likeness (QED) is 0.518. The second-order valence-electron chi connectivity index (χ2n) is 7.32. The fourth-order valence-corrected chi connectivity index (χ4v) is 6.08. The monoisotopic (exact) mass is 462 g/mol. The minimum absolute atomic E-state index is 0.0852. The Bertz CT molecular complexity index is 1260. The minimum Gasteiger partial charge on any atom is -0.264 e. The van der Waals surface area contributed by atoms with Gasteiger partial charge in [-0.05, 0) is 54.8 Å². The molecule has 164 valence electrons. The van der Waals surface area contributed by atoms with E-state index >= 15 is 0 Å². The van der Waals surface area contributed by atoms with Gasteiger partial charge in [0.25, 0.3) is 0 Å². The van der Waals surface area contributed by atoms with Crippen LogP contribution >= 0.6 is 0 Å². The van der Waals surface area contributed by atoms with Crippen LogP contribution in [-0.4, -0.2) is 28.4 Å². The Labute approximate surface area is 182 Å². The lowest BCUT2D eigenvalue weighted by Gasteiger charge is -2.19. The summed E-state index contributed by atoms with van der Waals surface area (Å²) in [5.41, 5.74) is 2.12. The Morgan fingerprint density at radius 3 is 2.32 bits per heavy atom. The predicted molar refractivity (Wildman–Crippen MR) is 117 cm³/mol. The number of aromatic nitrogens is 1. The molecule has 0 fully saturated rings. The third-order valence-electron chi connectivity index (χ3n) is 4.85. The van der Waals surface area contributed by atoms with Gasteiger partial charge in [-0.25, -0.2) is 25.9 Å². The molecule has 1 N–H and O–H groups in total. The van der Waals surface area contributed by atoms with Crippen molar-refractivity contribution >= 4 is 19.9 Å². The summed E-state index contributed by atoms with van der Waals surface area (Å²) >= 11 is 0. The molecule has 1 heterocycles. The number of sulfone groups is 1. The highest BCUT2D eigenvalue weighted by molar-refractivity contribution is 7.92. The standard InChI is InChI=1S/C22H23FN2O4S2/c1-16-5-7-18(8-6-16)15-30(26,27)25-14-22(19-4-3-11-24-13-19)31(28,29)20-9-10-21(23)17(2)12-20/h3-13,22,25H,14-15H2,1-2H3/t22-/m1/s1. The van der Waals surface area contributed by atoms with Crippen LogP contribution in [0.2, 0.25) is 0 Å². The van der Waals surface area contributed by atoms with Gasteiger partial charge in [0, 0.05) is 18.9 Å². The molecule has 0 aliphatic rings. The molecule has 1 atom stereocenters. The van der Waals surface area contributed by atoms with Gasteiger partial charge < -0.3 is 0 Å². The molecule has 0 saturated carbocycles. The average molecular weight is 463 g/mol. The summed E-state index contributed by atoms with van der Waals surface area (Å²) in [6, 6.07) is 13.7. The van der Waals surface area contributed by atoms with Crippen LogP contribution in [0.4, 0.5) is 4.39 Å². The zero-order valence-electron chi connectivity index (χ0n) is 17.1. The Morgan fingerprint density at radius 1 is 1.00 bits per heavy atom. The van der Waals surface area contributed by atoms with Crippen LogP contribution in [0.5, 0.6) is 0 Å². The van der Waals surface area contributed by atoms with Gasteiger partial charge in [0.15, 0.2) is 9.84 Å². The van der Waals surface area contributed by atoms with Crippen LogP contribution in [0.25, 0.3) is 0 Å². The largest absolute Gasteiger partial charge is 0.264 e. The number of hydrogen-bond acceptors (Lipinski definition) is 5. The highest BCUT2D eigenvalue weighted by Gasteiger charge is 2.31. The number of benzene rings is 2. The molecule has 0 bridgehead atoms. The smallest absolute Gasteiger partial charge is 0.215 e. The lowest BCUT2D eigenvalue weighted by molar-refractivity contribution is 0.567. The van der Waals surface area contributed by atoms with Gasteiger partial charge in [-0.1, -0.05) is 35.9 Å². The number of sulfonamides is 1. The minimum atomic E-state index is -4.03. The van der Waals surface area contributed by atoms with Crippen LogP contribution in [0.1, 0.15) is 27.5 Å². The van der Waals surface area contributed by atoms with Crippen molar-refractivity contribution in [3.05, 3.63) is 95.1 Å². The maximum absolute atomic E-state index is 13.7. The van der Waals surface area contributed by atoms with Crippen LogP contribution in [0, 0.1) is 19.7 Å². The first-order valence-corrected chi connectivity index (χ1v) is 12.7. The molecule has 2 aromatic carbocycles. The Balaban J connectivity index is 1.89. The topological polar surface area (TPSA) is 93.2 Å². The summed E-state index contributed by atoms with van der Waals surface area (Å²) in [6.07, 6.45) is 2.88. The summed E-state index contributed by atoms with van der Waals surface area (Å²) in [5, 5.41) is -1.22. The molecule has 0 spiro atoms. The van der Waals surface area contributed by atoms with Crippen molar-refractivity contribution in [2.24, 2.45) is 0 Å². The van der Waals surface area contributed by atoms with Crippen LogP contribution in [0.15, 0.2) is 71.9 Å². The normalized spacial score (nSPS) is 13.1. The van der Waals surface area contributed by atoms with E-state index in [4.69, 9.17) is 0 Å². The van der Waals surface area contributed by atoms with E-state index < -0.39 is 30.9 Å². The molecule has 0 aliphatic heterocycles. The van der Waals surface area contributed by atoms with Gasteiger partial charge >= 0.3 is 0 Å². The highest BCUT2D eigenvalue weighted by Crippen LogP contribution is 2.29. The summed E-state index contributed by atoms with van der Waals surface area (Å²) in [5.74, 6) is -0.793. The maximum Gasteiger partial charge on any atom is 0.215 e. The molecule has 0 unspecified atom stereocenters. The van der Waals surface area contributed by atoms with Gasteiger partial charge in [0.1, 0.15) is 11.1 Å². The van der Waals surface area contributed by atoms with E-state index in [1.807, 2.05) is 19.1 Å². The third-order valence-corrected chi connectivity index (χ3v) is 8.27. The van der Waals surface area contributed by atoms with E-state index in [1.54, 1.807) is 24.3 Å². The SMILES string of the molecule is Cc1ccc(CS(=O)(=O)NC[C@H](c2cccnc2)S(=O)(=O)c2ccc(F)c(C)c2)cc1. The van der Waals surface area contributed by atoms with Crippen molar-refractivity contribution in [3.63, 3.8) is 0 Å². The van der Waals surface area contributed by atoms with Crippen LogP contribution in [-0.2, 0) is 25.6 Å². The Kier molecular flexibility index (Phi) is 6.88. The average Bonchev–Trinajstić information content (AvgIpc) is 2.72. The molecular formula is C22H23FN2O4S2.